The number of halogens is 1. The molecule has 0 saturated carbocycles. The Morgan fingerprint density at radius 2 is 2.03 bits per heavy atom. The van der Waals surface area contributed by atoms with Gasteiger partial charge in [-0.3, -0.25) is 4.79 Å². The van der Waals surface area contributed by atoms with Crippen molar-refractivity contribution in [1.82, 2.24) is 19.3 Å². The van der Waals surface area contributed by atoms with Crippen LogP contribution in [0.1, 0.15) is 43.4 Å². The van der Waals surface area contributed by atoms with Crippen LogP contribution in [0.3, 0.4) is 0 Å². The molecule has 33 heavy (non-hydrogen) atoms. The van der Waals surface area contributed by atoms with Gasteiger partial charge < -0.3 is 10.0 Å². The van der Waals surface area contributed by atoms with Crippen molar-refractivity contribution in [2.75, 3.05) is 18.0 Å². The summed E-state index contributed by atoms with van der Waals surface area (Å²) in [7, 11) is -3.72. The number of rotatable bonds is 8. The van der Waals surface area contributed by atoms with Gasteiger partial charge in [-0.15, -0.1) is 0 Å². The number of carboxylic acids is 1. The molecule has 0 aliphatic carbocycles. The molecule has 0 bridgehead atoms. The number of aryl methyl sites for hydroxylation is 1. The summed E-state index contributed by atoms with van der Waals surface area (Å²) in [6.07, 6.45) is 3.37. The van der Waals surface area contributed by atoms with E-state index in [0.717, 1.165) is 0 Å². The zero-order chi connectivity index (χ0) is 23.8. The summed E-state index contributed by atoms with van der Waals surface area (Å²) in [5.74, 6) is -0.971. The number of anilines is 1. The summed E-state index contributed by atoms with van der Waals surface area (Å²) < 4.78 is 30.1. The number of hydrogen-bond acceptors (Lipinski definition) is 6. The maximum absolute atomic E-state index is 12.8. The van der Waals surface area contributed by atoms with Crippen LogP contribution in [0.2, 0.25) is 5.02 Å². The first-order chi connectivity index (χ1) is 15.7. The van der Waals surface area contributed by atoms with Crippen molar-refractivity contribution in [3.63, 3.8) is 0 Å². The monoisotopic (exact) mass is 491 g/mol. The van der Waals surface area contributed by atoms with Gasteiger partial charge >= 0.3 is 5.97 Å². The Kier molecular flexibility index (Phi) is 6.60. The Bertz CT molecular complexity index is 1280. The van der Waals surface area contributed by atoms with Gasteiger partial charge in [0.2, 0.25) is 10.0 Å². The fraction of sp³-hybridized carbons (Fsp3) is 0.409. The van der Waals surface area contributed by atoms with Crippen LogP contribution < -0.4 is 9.62 Å². The van der Waals surface area contributed by atoms with Crippen LogP contribution in [-0.2, 0) is 14.8 Å². The van der Waals surface area contributed by atoms with Gasteiger partial charge in [0, 0.05) is 41.5 Å². The molecule has 3 heterocycles. The predicted octanol–water partition coefficient (Wildman–Crippen LogP) is 3.22. The van der Waals surface area contributed by atoms with Gasteiger partial charge in [0.15, 0.2) is 5.65 Å². The molecule has 2 aromatic heterocycles. The molecule has 1 saturated heterocycles. The molecule has 2 unspecified atom stereocenters. The van der Waals surface area contributed by atoms with E-state index in [0.29, 0.717) is 60.1 Å². The molecule has 1 aliphatic heterocycles. The van der Waals surface area contributed by atoms with E-state index in [1.54, 1.807) is 16.8 Å². The molecule has 3 aromatic rings. The lowest BCUT2D eigenvalue weighted by atomic mass is 9.93. The van der Waals surface area contributed by atoms with Gasteiger partial charge in [-0.2, -0.15) is 9.61 Å². The number of sulfonamides is 1. The quantitative estimate of drug-likeness (QED) is 0.496. The highest BCUT2D eigenvalue weighted by Crippen LogP contribution is 2.35. The lowest BCUT2D eigenvalue weighted by molar-refractivity contribution is -0.139. The van der Waals surface area contributed by atoms with Gasteiger partial charge in [0.25, 0.3) is 0 Å². The van der Waals surface area contributed by atoms with Crippen molar-refractivity contribution in [2.45, 2.75) is 50.0 Å². The Morgan fingerprint density at radius 1 is 1.30 bits per heavy atom. The lowest BCUT2D eigenvalue weighted by Gasteiger charge is -2.26. The second-order valence-electron chi connectivity index (χ2n) is 8.22. The summed E-state index contributed by atoms with van der Waals surface area (Å²) >= 11 is 5.88. The molecule has 176 valence electrons. The largest absolute Gasteiger partial charge is 0.481 e. The van der Waals surface area contributed by atoms with Crippen LogP contribution in [0.4, 0.5) is 5.82 Å². The number of nitrogens with zero attached hydrogens (tertiary/aromatic N) is 4. The first kappa shape index (κ1) is 23.5. The Hall–Kier alpha value is -2.69. The third-order valence-electron chi connectivity index (χ3n) is 5.89. The van der Waals surface area contributed by atoms with E-state index in [9.17, 15) is 18.3 Å². The topological polar surface area (TPSA) is 117 Å². The molecule has 2 N–H and O–H groups in total. The average Bonchev–Trinajstić information content (AvgIpc) is 3.40. The number of aromatic nitrogens is 3. The molecular formula is C22H26ClN5O4S. The summed E-state index contributed by atoms with van der Waals surface area (Å²) in [6, 6.07) is 7.45. The normalized spacial score (nSPS) is 17.5. The highest BCUT2D eigenvalue weighted by atomic mass is 35.5. The van der Waals surface area contributed by atoms with E-state index in [2.05, 4.69) is 14.8 Å². The molecule has 0 spiro atoms. The van der Waals surface area contributed by atoms with Crippen LogP contribution in [0.15, 0.2) is 41.4 Å². The van der Waals surface area contributed by atoms with Crippen molar-refractivity contribution >= 4 is 39.1 Å². The van der Waals surface area contributed by atoms with Crippen LogP contribution >= 0.6 is 11.6 Å². The van der Waals surface area contributed by atoms with Crippen molar-refractivity contribution in [2.24, 2.45) is 0 Å². The number of carboxylic acid groups (broad SMARTS) is 1. The zero-order valence-corrected chi connectivity index (χ0v) is 20.0. The third-order valence-corrected chi connectivity index (χ3v) is 7.68. The van der Waals surface area contributed by atoms with Crippen molar-refractivity contribution in [3.8, 4) is 0 Å². The molecule has 11 heteroatoms. The average molecular weight is 492 g/mol. The molecular weight excluding hydrogens is 466 g/mol. The minimum atomic E-state index is -3.72. The number of fused-ring (bicyclic) bond motifs is 1. The van der Waals surface area contributed by atoms with E-state index >= 15 is 0 Å². The second-order valence-corrected chi connectivity index (χ2v) is 10.4. The highest BCUT2D eigenvalue weighted by Gasteiger charge is 2.34. The summed E-state index contributed by atoms with van der Waals surface area (Å²) in [4.78, 5) is 18.9. The number of benzene rings is 1. The molecule has 1 fully saturated rings. The van der Waals surface area contributed by atoms with Gasteiger partial charge in [0.05, 0.1) is 17.0 Å². The van der Waals surface area contributed by atoms with Gasteiger partial charge in [-0.05, 0) is 44.0 Å². The second kappa shape index (κ2) is 9.28. The fourth-order valence-electron chi connectivity index (χ4n) is 4.39. The molecule has 2 atom stereocenters. The standard InChI is InChI=1S/C22H26ClN5O4S/c1-3-4-18(22(29)30)20-14(2)25-19-9-11-24-28(19)21(20)27-12-10-16(13-27)26-33(31,32)17-7-5-15(23)6-8-17/h5-9,11,16,18,26H,3-4,10,12-13H2,1-2H3,(H,29,30). The Labute approximate surface area is 197 Å². The summed E-state index contributed by atoms with van der Waals surface area (Å²) in [5.41, 5.74) is 1.89. The molecule has 9 nitrogen and oxygen atoms in total. The minimum absolute atomic E-state index is 0.147. The smallest absolute Gasteiger partial charge is 0.311 e. The maximum atomic E-state index is 12.8. The van der Waals surface area contributed by atoms with Gasteiger partial charge in [-0.25, -0.2) is 18.1 Å². The highest BCUT2D eigenvalue weighted by molar-refractivity contribution is 7.89. The Balaban J connectivity index is 1.67. The predicted molar refractivity (Wildman–Crippen MR) is 125 cm³/mol. The number of hydrogen-bond donors (Lipinski definition) is 2. The Morgan fingerprint density at radius 3 is 2.70 bits per heavy atom. The van der Waals surface area contributed by atoms with E-state index in [4.69, 9.17) is 11.6 Å². The van der Waals surface area contributed by atoms with Crippen LogP contribution in [-0.4, -0.2) is 53.2 Å². The van der Waals surface area contributed by atoms with Gasteiger partial charge in [0.1, 0.15) is 5.82 Å². The first-order valence-corrected chi connectivity index (χ1v) is 12.7. The fourth-order valence-corrected chi connectivity index (χ4v) is 5.78. The molecule has 0 amide bonds. The van der Waals surface area contributed by atoms with Crippen LogP contribution in [0, 0.1) is 6.92 Å². The first-order valence-electron chi connectivity index (χ1n) is 10.8. The molecule has 1 aromatic carbocycles. The lowest BCUT2D eigenvalue weighted by Crippen LogP contribution is -2.37. The molecule has 4 rings (SSSR count). The zero-order valence-electron chi connectivity index (χ0n) is 18.4. The van der Waals surface area contributed by atoms with Crippen LogP contribution in [0.5, 0.6) is 0 Å². The maximum Gasteiger partial charge on any atom is 0.311 e. The molecule has 1 aliphatic rings. The van der Waals surface area contributed by atoms with Crippen molar-refractivity contribution < 1.29 is 18.3 Å². The van der Waals surface area contributed by atoms with E-state index in [-0.39, 0.29) is 10.9 Å². The number of carbonyl (C=O) groups is 1. The summed E-state index contributed by atoms with van der Waals surface area (Å²) in [5, 5.41) is 14.8. The minimum Gasteiger partial charge on any atom is -0.481 e. The molecule has 0 radical (unpaired) electrons. The third kappa shape index (κ3) is 4.68. The van der Waals surface area contributed by atoms with E-state index < -0.39 is 21.9 Å². The van der Waals surface area contributed by atoms with E-state index in [1.807, 2.05) is 18.7 Å². The SMILES string of the molecule is CCCC(C(=O)O)c1c(C)nc2ccnn2c1N1CCC(NS(=O)(=O)c2ccc(Cl)cc2)C1. The van der Waals surface area contributed by atoms with Crippen molar-refractivity contribution in [1.29, 1.82) is 0 Å². The van der Waals surface area contributed by atoms with E-state index in [1.165, 1.54) is 24.3 Å². The van der Waals surface area contributed by atoms with Crippen molar-refractivity contribution in [3.05, 3.63) is 52.8 Å². The van der Waals surface area contributed by atoms with Crippen LogP contribution in [0.25, 0.3) is 5.65 Å². The van der Waals surface area contributed by atoms with Gasteiger partial charge in [-0.1, -0.05) is 24.9 Å². The number of nitrogens with one attached hydrogen (secondary N) is 1. The number of aliphatic carboxylic acids is 1. The summed E-state index contributed by atoms with van der Waals surface area (Å²) in [6.45, 7) is 4.70.